The van der Waals surface area contributed by atoms with E-state index in [0.29, 0.717) is 18.1 Å². The Bertz CT molecular complexity index is 886. The summed E-state index contributed by atoms with van der Waals surface area (Å²) in [6.45, 7) is 3.97. The van der Waals surface area contributed by atoms with Gasteiger partial charge in [-0.3, -0.25) is 4.79 Å². The fraction of sp³-hybridized carbons (Fsp3) is 0.286. The highest BCUT2D eigenvalue weighted by Crippen LogP contribution is 2.18. The normalized spacial score (nSPS) is 11.8. The molecule has 1 amide bonds. The van der Waals surface area contributed by atoms with Crippen LogP contribution < -0.4 is 10.1 Å². The second kappa shape index (κ2) is 8.49. The maximum absolute atomic E-state index is 12.2. The van der Waals surface area contributed by atoms with Crippen molar-refractivity contribution in [1.82, 2.24) is 15.5 Å². The van der Waals surface area contributed by atoms with E-state index in [2.05, 4.69) is 15.5 Å². The van der Waals surface area contributed by atoms with Crippen LogP contribution in [0.15, 0.2) is 53.1 Å². The van der Waals surface area contributed by atoms with Gasteiger partial charge in [-0.15, -0.1) is 0 Å². The van der Waals surface area contributed by atoms with Gasteiger partial charge in [-0.05, 0) is 31.5 Å². The minimum atomic E-state index is -0.0887. The number of hydrogen-bond donors (Lipinski definition) is 1. The van der Waals surface area contributed by atoms with Crippen molar-refractivity contribution < 1.29 is 14.1 Å². The Morgan fingerprint density at radius 2 is 1.85 bits per heavy atom. The van der Waals surface area contributed by atoms with Gasteiger partial charge in [-0.25, -0.2) is 0 Å². The van der Waals surface area contributed by atoms with Gasteiger partial charge < -0.3 is 14.6 Å². The second-order valence-electron chi connectivity index (χ2n) is 6.44. The first kappa shape index (κ1) is 18.6. The molecule has 0 fully saturated rings. The highest BCUT2D eigenvalue weighted by molar-refractivity contribution is 5.76. The van der Waals surface area contributed by atoms with Gasteiger partial charge in [0.1, 0.15) is 5.75 Å². The molecule has 0 aliphatic heterocycles. The van der Waals surface area contributed by atoms with E-state index in [1.807, 2.05) is 62.4 Å². The summed E-state index contributed by atoms with van der Waals surface area (Å²) < 4.78 is 10.4. The quantitative estimate of drug-likeness (QED) is 0.688. The average molecular weight is 365 g/mol. The summed E-state index contributed by atoms with van der Waals surface area (Å²) in [4.78, 5) is 16.6. The third-order valence-corrected chi connectivity index (χ3v) is 4.34. The van der Waals surface area contributed by atoms with E-state index in [1.165, 1.54) is 5.56 Å². The number of nitrogens with zero attached hydrogens (tertiary/aromatic N) is 2. The van der Waals surface area contributed by atoms with E-state index >= 15 is 0 Å². The number of aryl methyl sites for hydroxylation is 2. The third-order valence-electron chi connectivity index (χ3n) is 4.34. The number of methoxy groups -OCH3 is 1. The van der Waals surface area contributed by atoms with Crippen LogP contribution in [0.25, 0.3) is 11.4 Å². The van der Waals surface area contributed by atoms with E-state index in [-0.39, 0.29) is 18.4 Å². The number of nitrogens with one attached hydrogen (secondary N) is 1. The fourth-order valence-electron chi connectivity index (χ4n) is 2.69. The lowest BCUT2D eigenvalue weighted by Crippen LogP contribution is -2.26. The van der Waals surface area contributed by atoms with Gasteiger partial charge in [-0.1, -0.05) is 47.1 Å². The molecule has 6 nitrogen and oxygen atoms in total. The van der Waals surface area contributed by atoms with E-state index in [1.54, 1.807) is 7.11 Å². The smallest absolute Gasteiger partial charge is 0.227 e. The zero-order valence-corrected chi connectivity index (χ0v) is 15.7. The van der Waals surface area contributed by atoms with Crippen LogP contribution in [-0.4, -0.2) is 23.2 Å². The monoisotopic (exact) mass is 365 g/mol. The van der Waals surface area contributed by atoms with Gasteiger partial charge in [0.05, 0.1) is 13.2 Å². The molecule has 1 heterocycles. The van der Waals surface area contributed by atoms with Crippen molar-refractivity contribution in [2.45, 2.75) is 32.7 Å². The zero-order chi connectivity index (χ0) is 19.2. The van der Waals surface area contributed by atoms with E-state index in [0.717, 1.165) is 16.9 Å². The van der Waals surface area contributed by atoms with Crippen molar-refractivity contribution >= 4 is 5.91 Å². The van der Waals surface area contributed by atoms with Gasteiger partial charge in [-0.2, -0.15) is 4.98 Å². The van der Waals surface area contributed by atoms with E-state index < -0.39 is 0 Å². The first-order valence-corrected chi connectivity index (χ1v) is 8.88. The van der Waals surface area contributed by atoms with Crippen molar-refractivity contribution in [3.63, 3.8) is 0 Å². The number of carbonyl (C=O) groups excluding carboxylic acids is 1. The maximum Gasteiger partial charge on any atom is 0.227 e. The molecular formula is C21H23N3O3. The molecular weight excluding hydrogens is 342 g/mol. The maximum atomic E-state index is 12.2. The van der Waals surface area contributed by atoms with Crippen molar-refractivity contribution in [2.24, 2.45) is 0 Å². The van der Waals surface area contributed by atoms with Crippen LogP contribution in [0.3, 0.4) is 0 Å². The highest BCUT2D eigenvalue weighted by atomic mass is 16.5. The summed E-state index contributed by atoms with van der Waals surface area (Å²) in [5.74, 6) is 1.72. The summed E-state index contributed by atoms with van der Waals surface area (Å²) in [6.07, 6.45) is 0.691. The Hall–Kier alpha value is -3.15. The number of hydrogen-bond acceptors (Lipinski definition) is 5. The van der Waals surface area contributed by atoms with Gasteiger partial charge >= 0.3 is 0 Å². The molecule has 0 aliphatic carbocycles. The number of ether oxygens (including phenoxy) is 1. The van der Waals surface area contributed by atoms with Crippen LogP contribution in [0.4, 0.5) is 0 Å². The van der Waals surface area contributed by atoms with E-state index in [4.69, 9.17) is 9.26 Å². The molecule has 140 valence electrons. The Kier molecular flexibility index (Phi) is 5.86. The van der Waals surface area contributed by atoms with Crippen LogP contribution in [0.1, 0.15) is 36.4 Å². The molecule has 0 radical (unpaired) electrons. The zero-order valence-electron chi connectivity index (χ0n) is 15.7. The Balaban J connectivity index is 1.52. The predicted octanol–water partition coefficient (Wildman–Crippen LogP) is 3.86. The molecule has 0 aliphatic rings. The van der Waals surface area contributed by atoms with Gasteiger partial charge in [0.25, 0.3) is 0 Å². The average Bonchev–Trinajstić information content (AvgIpc) is 3.16. The standard InChI is InChI=1S/C21H23N3O3/c1-14-4-6-17(7-5-14)21-23-20(27-24-21)13-12-19(25)22-15(2)16-8-10-18(26-3)11-9-16/h4-11,15H,12-13H2,1-3H3,(H,22,25)/t15-/m1/s1. The third kappa shape index (κ3) is 4.94. The summed E-state index contributed by atoms with van der Waals surface area (Å²) >= 11 is 0. The molecule has 0 saturated heterocycles. The molecule has 1 N–H and O–H groups in total. The van der Waals surface area contributed by atoms with E-state index in [9.17, 15) is 4.79 Å². The number of carbonyl (C=O) groups is 1. The first-order chi connectivity index (χ1) is 13.0. The molecule has 0 unspecified atom stereocenters. The summed E-state index contributed by atoms with van der Waals surface area (Å²) in [6, 6.07) is 15.4. The molecule has 0 bridgehead atoms. The van der Waals surface area contributed by atoms with Crippen molar-refractivity contribution in [3.8, 4) is 17.1 Å². The second-order valence-corrected chi connectivity index (χ2v) is 6.44. The minimum Gasteiger partial charge on any atom is -0.497 e. The number of aromatic nitrogens is 2. The topological polar surface area (TPSA) is 77.2 Å². The molecule has 2 aromatic carbocycles. The summed E-state index contributed by atoms with van der Waals surface area (Å²) in [5.41, 5.74) is 3.09. The van der Waals surface area contributed by atoms with Crippen LogP contribution >= 0.6 is 0 Å². The SMILES string of the molecule is COc1ccc([C@@H](C)NC(=O)CCc2nc(-c3ccc(C)cc3)no2)cc1. The van der Waals surface area contributed by atoms with Crippen molar-refractivity contribution in [3.05, 3.63) is 65.5 Å². The predicted molar refractivity (Wildman–Crippen MR) is 102 cm³/mol. The number of amides is 1. The summed E-state index contributed by atoms with van der Waals surface area (Å²) in [5, 5.41) is 6.97. The van der Waals surface area contributed by atoms with Crippen molar-refractivity contribution in [1.29, 1.82) is 0 Å². The number of rotatable bonds is 7. The molecule has 1 atom stereocenters. The number of benzene rings is 2. The molecule has 27 heavy (non-hydrogen) atoms. The Morgan fingerprint density at radius 1 is 1.15 bits per heavy atom. The molecule has 0 saturated carbocycles. The molecule has 1 aromatic heterocycles. The first-order valence-electron chi connectivity index (χ1n) is 8.88. The van der Waals surface area contributed by atoms with Crippen LogP contribution in [-0.2, 0) is 11.2 Å². The van der Waals surface area contributed by atoms with Gasteiger partial charge in [0.2, 0.25) is 17.6 Å². The molecule has 3 aromatic rings. The van der Waals surface area contributed by atoms with Crippen LogP contribution in [0, 0.1) is 6.92 Å². The Labute approximate surface area is 158 Å². The largest absolute Gasteiger partial charge is 0.497 e. The Morgan fingerprint density at radius 3 is 2.52 bits per heavy atom. The highest BCUT2D eigenvalue weighted by Gasteiger charge is 2.13. The lowest BCUT2D eigenvalue weighted by Gasteiger charge is -2.14. The summed E-state index contributed by atoms with van der Waals surface area (Å²) in [7, 11) is 1.63. The fourth-order valence-corrected chi connectivity index (χ4v) is 2.69. The van der Waals surface area contributed by atoms with Crippen molar-refractivity contribution in [2.75, 3.05) is 7.11 Å². The minimum absolute atomic E-state index is 0.0617. The van der Waals surface area contributed by atoms with Gasteiger partial charge in [0, 0.05) is 18.4 Å². The van der Waals surface area contributed by atoms with Crippen LogP contribution in [0.5, 0.6) is 5.75 Å². The van der Waals surface area contributed by atoms with Crippen LogP contribution in [0.2, 0.25) is 0 Å². The lowest BCUT2D eigenvalue weighted by molar-refractivity contribution is -0.121. The molecule has 3 rings (SSSR count). The lowest BCUT2D eigenvalue weighted by atomic mass is 10.1. The molecule has 6 heteroatoms. The molecule has 0 spiro atoms. The van der Waals surface area contributed by atoms with Gasteiger partial charge in [0.15, 0.2) is 0 Å².